The normalized spacial score (nSPS) is 10.3. The minimum absolute atomic E-state index is 0.303. The van der Waals surface area contributed by atoms with E-state index in [4.69, 9.17) is 9.47 Å². The fourth-order valence-electron chi connectivity index (χ4n) is 2.29. The molecule has 132 valence electrons. The smallest absolute Gasteiger partial charge is 0.311 e. The zero-order chi connectivity index (χ0) is 17.9. The number of allylic oxidation sites excluding steroid dienone is 1. The van der Waals surface area contributed by atoms with Gasteiger partial charge in [0.1, 0.15) is 0 Å². The summed E-state index contributed by atoms with van der Waals surface area (Å²) in [7, 11) is 0. The predicted octanol–water partition coefficient (Wildman–Crippen LogP) is 4.91. The summed E-state index contributed by atoms with van der Waals surface area (Å²) >= 11 is 0. The van der Waals surface area contributed by atoms with Gasteiger partial charge in [-0.15, -0.1) is 6.58 Å². The number of carbonyl (C=O) groups is 2. The first-order valence-electron chi connectivity index (χ1n) is 8.67. The Morgan fingerprint density at radius 3 is 2.17 bits per heavy atom. The molecule has 0 atom stereocenters. The molecule has 0 unspecified atom stereocenters. The Kier molecular flexibility index (Phi) is 8.84. The Morgan fingerprint density at radius 1 is 1.04 bits per heavy atom. The number of hydrogen-bond donors (Lipinski definition) is 0. The van der Waals surface area contributed by atoms with E-state index in [2.05, 4.69) is 6.58 Å². The van der Waals surface area contributed by atoms with Gasteiger partial charge in [-0.05, 0) is 43.4 Å². The molecule has 1 rings (SSSR count). The second-order valence-corrected chi connectivity index (χ2v) is 5.89. The molecule has 0 amide bonds. The van der Waals surface area contributed by atoms with Crippen LogP contribution in [-0.2, 0) is 16.0 Å². The highest BCUT2D eigenvalue weighted by Crippen LogP contribution is 2.34. The van der Waals surface area contributed by atoms with Crippen molar-refractivity contribution in [2.75, 3.05) is 0 Å². The van der Waals surface area contributed by atoms with Crippen LogP contribution in [0, 0.1) is 6.92 Å². The van der Waals surface area contributed by atoms with Crippen molar-refractivity contribution in [3.05, 3.63) is 35.9 Å². The Balaban J connectivity index is 3.02. The third kappa shape index (κ3) is 6.57. The molecular weight excluding hydrogens is 304 g/mol. The van der Waals surface area contributed by atoms with Crippen molar-refractivity contribution in [1.29, 1.82) is 0 Å². The molecule has 0 fully saturated rings. The van der Waals surface area contributed by atoms with E-state index in [1.54, 1.807) is 12.1 Å². The molecule has 4 heteroatoms. The van der Waals surface area contributed by atoms with Crippen LogP contribution >= 0.6 is 0 Å². The van der Waals surface area contributed by atoms with E-state index < -0.39 is 0 Å². The summed E-state index contributed by atoms with van der Waals surface area (Å²) in [6.07, 6.45) is 6.54. The number of hydrogen-bond acceptors (Lipinski definition) is 4. The van der Waals surface area contributed by atoms with E-state index in [1.807, 2.05) is 26.8 Å². The third-order valence-electron chi connectivity index (χ3n) is 3.59. The van der Waals surface area contributed by atoms with Crippen LogP contribution in [0.1, 0.15) is 63.5 Å². The van der Waals surface area contributed by atoms with Crippen molar-refractivity contribution < 1.29 is 19.1 Å². The summed E-state index contributed by atoms with van der Waals surface area (Å²) in [4.78, 5) is 23.9. The van der Waals surface area contributed by atoms with Crippen molar-refractivity contribution >= 4 is 11.9 Å². The molecule has 0 bridgehead atoms. The molecule has 24 heavy (non-hydrogen) atoms. The van der Waals surface area contributed by atoms with Gasteiger partial charge in [0, 0.05) is 12.8 Å². The second-order valence-electron chi connectivity index (χ2n) is 5.89. The zero-order valence-electron chi connectivity index (χ0n) is 15.0. The van der Waals surface area contributed by atoms with Gasteiger partial charge in [-0.1, -0.05) is 38.8 Å². The number of unbranched alkanes of at least 4 members (excludes halogenated alkanes) is 2. The first-order chi connectivity index (χ1) is 11.5. The van der Waals surface area contributed by atoms with Gasteiger partial charge in [-0.2, -0.15) is 0 Å². The molecular formula is C20H28O4. The van der Waals surface area contributed by atoms with Crippen molar-refractivity contribution in [2.45, 2.75) is 65.7 Å². The second kappa shape index (κ2) is 10.6. The Bertz CT molecular complexity index is 575. The monoisotopic (exact) mass is 332 g/mol. The molecule has 0 radical (unpaired) electrons. The van der Waals surface area contributed by atoms with Gasteiger partial charge < -0.3 is 9.47 Å². The highest BCUT2D eigenvalue weighted by Gasteiger charge is 2.17. The molecule has 0 aliphatic heterocycles. The van der Waals surface area contributed by atoms with Crippen LogP contribution in [0.5, 0.6) is 11.5 Å². The van der Waals surface area contributed by atoms with Gasteiger partial charge >= 0.3 is 11.9 Å². The first-order valence-corrected chi connectivity index (χ1v) is 8.67. The average molecular weight is 332 g/mol. The summed E-state index contributed by atoms with van der Waals surface area (Å²) in [6.45, 7) is 9.61. The van der Waals surface area contributed by atoms with E-state index in [0.29, 0.717) is 30.8 Å². The van der Waals surface area contributed by atoms with Gasteiger partial charge in [0.2, 0.25) is 0 Å². The third-order valence-corrected chi connectivity index (χ3v) is 3.59. The van der Waals surface area contributed by atoms with Crippen molar-refractivity contribution in [2.24, 2.45) is 0 Å². The van der Waals surface area contributed by atoms with Crippen LogP contribution in [0.4, 0.5) is 0 Å². The lowest BCUT2D eigenvalue weighted by molar-refractivity contribution is -0.137. The summed E-state index contributed by atoms with van der Waals surface area (Å²) < 4.78 is 10.9. The lowest BCUT2D eigenvalue weighted by Gasteiger charge is -2.14. The van der Waals surface area contributed by atoms with Crippen LogP contribution in [0.3, 0.4) is 0 Å². The lowest BCUT2D eigenvalue weighted by Crippen LogP contribution is -2.13. The highest BCUT2D eigenvalue weighted by molar-refractivity contribution is 5.77. The van der Waals surface area contributed by atoms with Crippen LogP contribution < -0.4 is 9.47 Å². The summed E-state index contributed by atoms with van der Waals surface area (Å²) in [5.41, 5.74) is 1.74. The van der Waals surface area contributed by atoms with Gasteiger partial charge in [-0.3, -0.25) is 9.59 Å². The molecule has 0 N–H and O–H groups in total. The first kappa shape index (κ1) is 19.9. The molecule has 0 aliphatic rings. The largest absolute Gasteiger partial charge is 0.422 e. The molecule has 0 spiro atoms. The molecule has 0 heterocycles. The van der Waals surface area contributed by atoms with Crippen LogP contribution in [0.2, 0.25) is 0 Å². The van der Waals surface area contributed by atoms with Crippen molar-refractivity contribution in [3.8, 4) is 11.5 Å². The van der Waals surface area contributed by atoms with E-state index in [1.165, 1.54) is 0 Å². The molecule has 0 saturated heterocycles. The fourth-order valence-corrected chi connectivity index (χ4v) is 2.29. The van der Waals surface area contributed by atoms with E-state index in [0.717, 1.165) is 36.8 Å². The Hall–Kier alpha value is -2.10. The van der Waals surface area contributed by atoms with Gasteiger partial charge in [0.25, 0.3) is 0 Å². The predicted molar refractivity (Wildman–Crippen MR) is 95.4 cm³/mol. The molecule has 4 nitrogen and oxygen atoms in total. The van der Waals surface area contributed by atoms with E-state index in [9.17, 15) is 9.59 Å². The van der Waals surface area contributed by atoms with E-state index in [-0.39, 0.29) is 11.9 Å². The topological polar surface area (TPSA) is 52.6 Å². The van der Waals surface area contributed by atoms with Crippen LogP contribution in [0.25, 0.3) is 0 Å². The summed E-state index contributed by atoms with van der Waals surface area (Å²) in [5.74, 6) is 0.0479. The number of benzene rings is 1. The Labute approximate surface area is 144 Å². The quantitative estimate of drug-likeness (QED) is 0.347. The SMILES string of the molecule is C=CCc1cc(C)c(OC(=O)CCCC)c(OC(=O)CCCC)c1. The molecule has 1 aromatic carbocycles. The maximum atomic E-state index is 12.0. The summed E-state index contributed by atoms with van der Waals surface area (Å²) in [5, 5.41) is 0. The van der Waals surface area contributed by atoms with Crippen molar-refractivity contribution in [3.63, 3.8) is 0 Å². The van der Waals surface area contributed by atoms with Gasteiger partial charge in [0.15, 0.2) is 11.5 Å². The minimum Gasteiger partial charge on any atom is -0.422 e. The average Bonchev–Trinajstić information content (AvgIpc) is 2.54. The van der Waals surface area contributed by atoms with Crippen LogP contribution in [0.15, 0.2) is 24.8 Å². The molecule has 0 aliphatic carbocycles. The standard InChI is InChI=1S/C20H28O4/c1-5-8-11-18(21)23-17-14-16(10-7-3)13-15(4)20(17)24-19(22)12-9-6-2/h7,13-14H,3,5-6,8-12H2,1-2,4H3. The molecule has 1 aromatic rings. The van der Waals surface area contributed by atoms with Gasteiger partial charge in [0.05, 0.1) is 0 Å². The maximum Gasteiger partial charge on any atom is 0.311 e. The number of rotatable bonds is 10. The number of carbonyl (C=O) groups excluding carboxylic acids is 2. The molecule has 0 aromatic heterocycles. The fraction of sp³-hybridized carbons (Fsp3) is 0.500. The number of esters is 2. The maximum absolute atomic E-state index is 12.0. The Morgan fingerprint density at radius 2 is 1.62 bits per heavy atom. The van der Waals surface area contributed by atoms with Crippen molar-refractivity contribution in [1.82, 2.24) is 0 Å². The zero-order valence-corrected chi connectivity index (χ0v) is 15.0. The number of aryl methyl sites for hydroxylation is 1. The summed E-state index contributed by atoms with van der Waals surface area (Å²) in [6, 6.07) is 3.68. The van der Waals surface area contributed by atoms with Gasteiger partial charge in [-0.25, -0.2) is 0 Å². The lowest BCUT2D eigenvalue weighted by atomic mass is 10.1. The highest BCUT2D eigenvalue weighted by atomic mass is 16.6. The minimum atomic E-state index is -0.308. The number of ether oxygens (including phenoxy) is 2. The van der Waals surface area contributed by atoms with Crippen LogP contribution in [-0.4, -0.2) is 11.9 Å². The molecule has 0 saturated carbocycles. The van der Waals surface area contributed by atoms with E-state index >= 15 is 0 Å².